The fourth-order valence-electron chi connectivity index (χ4n) is 1.85. The van der Waals surface area contributed by atoms with Crippen LogP contribution < -0.4 is 5.32 Å². The number of carbonyl (C=O) groups is 2. The number of nitrogens with one attached hydrogen (secondary N) is 1. The van der Waals surface area contributed by atoms with Crippen molar-refractivity contribution in [2.75, 3.05) is 6.54 Å². The van der Waals surface area contributed by atoms with Crippen LogP contribution >= 0.6 is 11.3 Å². The maximum Gasteiger partial charge on any atom is 0.303 e. The molecule has 0 radical (unpaired) electrons. The molecule has 0 bridgehead atoms. The minimum Gasteiger partial charge on any atom is -0.481 e. The summed E-state index contributed by atoms with van der Waals surface area (Å²) in [5.41, 5.74) is 1.06. The highest BCUT2D eigenvalue weighted by molar-refractivity contribution is 7.09. The number of aliphatic carboxylic acids is 1. The van der Waals surface area contributed by atoms with E-state index in [1.54, 1.807) is 11.3 Å². The number of unbranched alkanes of at least 4 members (excludes halogenated alkanes) is 2. The van der Waals surface area contributed by atoms with Gasteiger partial charge in [-0.2, -0.15) is 0 Å². The summed E-state index contributed by atoms with van der Waals surface area (Å²) in [7, 11) is 0. The van der Waals surface area contributed by atoms with Crippen molar-refractivity contribution < 1.29 is 14.7 Å². The highest BCUT2D eigenvalue weighted by Gasteiger charge is 2.03. The van der Waals surface area contributed by atoms with Gasteiger partial charge in [-0.05, 0) is 32.6 Å². The first kappa shape index (κ1) is 16.6. The molecule has 0 saturated heterocycles. The highest BCUT2D eigenvalue weighted by atomic mass is 32.1. The van der Waals surface area contributed by atoms with E-state index < -0.39 is 5.97 Å². The Bertz CT molecular complexity index is 432. The number of aryl methyl sites for hydroxylation is 2. The average molecular weight is 298 g/mol. The largest absolute Gasteiger partial charge is 0.481 e. The lowest BCUT2D eigenvalue weighted by atomic mass is 10.2. The molecule has 2 N–H and O–H groups in total. The van der Waals surface area contributed by atoms with E-state index in [0.717, 1.165) is 36.4 Å². The maximum absolute atomic E-state index is 11.6. The quantitative estimate of drug-likeness (QED) is 0.651. The maximum atomic E-state index is 11.6. The molecule has 1 heterocycles. The van der Waals surface area contributed by atoms with Gasteiger partial charge in [-0.3, -0.25) is 9.59 Å². The molecule has 112 valence electrons. The number of carboxylic acids is 1. The van der Waals surface area contributed by atoms with Crippen LogP contribution in [0.4, 0.5) is 0 Å². The molecule has 1 aromatic rings. The fraction of sp³-hybridized carbons (Fsp3) is 0.643. The van der Waals surface area contributed by atoms with Crippen LogP contribution in [0.1, 0.15) is 49.2 Å². The Kier molecular flexibility index (Phi) is 7.87. The van der Waals surface area contributed by atoms with Gasteiger partial charge in [-0.1, -0.05) is 6.42 Å². The van der Waals surface area contributed by atoms with Gasteiger partial charge >= 0.3 is 5.97 Å². The van der Waals surface area contributed by atoms with Crippen molar-refractivity contribution in [1.82, 2.24) is 10.3 Å². The van der Waals surface area contributed by atoms with E-state index in [2.05, 4.69) is 10.3 Å². The van der Waals surface area contributed by atoms with Crippen molar-refractivity contribution >= 4 is 23.2 Å². The van der Waals surface area contributed by atoms with Crippen molar-refractivity contribution in [1.29, 1.82) is 0 Å². The Labute approximate surface area is 123 Å². The van der Waals surface area contributed by atoms with Gasteiger partial charge in [-0.25, -0.2) is 4.98 Å². The van der Waals surface area contributed by atoms with Gasteiger partial charge in [0.25, 0.3) is 0 Å². The van der Waals surface area contributed by atoms with Crippen LogP contribution in [0.15, 0.2) is 5.38 Å². The van der Waals surface area contributed by atoms with Crippen molar-refractivity contribution in [2.45, 2.75) is 51.9 Å². The highest BCUT2D eigenvalue weighted by Crippen LogP contribution is 2.10. The monoisotopic (exact) mass is 298 g/mol. The molecule has 0 aliphatic rings. The van der Waals surface area contributed by atoms with Gasteiger partial charge in [0.15, 0.2) is 0 Å². The summed E-state index contributed by atoms with van der Waals surface area (Å²) >= 11 is 1.63. The minimum absolute atomic E-state index is 0.0650. The Balaban J connectivity index is 1.96. The van der Waals surface area contributed by atoms with Gasteiger partial charge in [0.2, 0.25) is 5.91 Å². The van der Waals surface area contributed by atoms with E-state index in [0.29, 0.717) is 19.4 Å². The normalized spacial score (nSPS) is 10.4. The van der Waals surface area contributed by atoms with Crippen molar-refractivity contribution in [3.63, 3.8) is 0 Å². The van der Waals surface area contributed by atoms with Crippen molar-refractivity contribution in [3.05, 3.63) is 16.1 Å². The number of carbonyl (C=O) groups excluding carboxylic acids is 1. The molecule has 1 aromatic heterocycles. The predicted molar refractivity (Wildman–Crippen MR) is 78.9 cm³/mol. The molecule has 0 aliphatic heterocycles. The Morgan fingerprint density at radius 1 is 1.25 bits per heavy atom. The lowest BCUT2D eigenvalue weighted by molar-refractivity contribution is -0.137. The van der Waals surface area contributed by atoms with Gasteiger partial charge in [0, 0.05) is 24.8 Å². The van der Waals surface area contributed by atoms with Crippen LogP contribution in [-0.2, 0) is 16.0 Å². The summed E-state index contributed by atoms with van der Waals surface area (Å²) in [6.07, 6.45) is 4.74. The summed E-state index contributed by atoms with van der Waals surface area (Å²) in [6.45, 7) is 2.61. The second-order valence-electron chi connectivity index (χ2n) is 4.77. The SMILES string of the molecule is Cc1nc(CCCC(=O)NCCCCCC(=O)O)cs1. The van der Waals surface area contributed by atoms with E-state index in [1.165, 1.54) is 0 Å². The topological polar surface area (TPSA) is 79.3 Å². The number of nitrogens with zero attached hydrogens (tertiary/aromatic N) is 1. The first-order valence-electron chi connectivity index (χ1n) is 6.97. The van der Waals surface area contributed by atoms with Gasteiger partial charge in [0.05, 0.1) is 10.7 Å². The summed E-state index contributed by atoms with van der Waals surface area (Å²) in [5, 5.41) is 14.4. The molecule has 0 atom stereocenters. The Hall–Kier alpha value is -1.43. The lowest BCUT2D eigenvalue weighted by Gasteiger charge is -2.04. The second kappa shape index (κ2) is 9.47. The molecule has 6 heteroatoms. The van der Waals surface area contributed by atoms with E-state index in [4.69, 9.17) is 5.11 Å². The van der Waals surface area contributed by atoms with Crippen LogP contribution in [0.25, 0.3) is 0 Å². The predicted octanol–water partition coefficient (Wildman–Crippen LogP) is 2.54. The number of thiazole rings is 1. The Morgan fingerprint density at radius 3 is 2.70 bits per heavy atom. The molecule has 1 rings (SSSR count). The van der Waals surface area contributed by atoms with Gasteiger partial charge < -0.3 is 10.4 Å². The van der Waals surface area contributed by atoms with Crippen molar-refractivity contribution in [2.24, 2.45) is 0 Å². The van der Waals surface area contributed by atoms with E-state index in [1.807, 2.05) is 12.3 Å². The minimum atomic E-state index is -0.758. The zero-order valence-corrected chi connectivity index (χ0v) is 12.7. The zero-order chi connectivity index (χ0) is 14.8. The first-order valence-corrected chi connectivity index (χ1v) is 7.85. The molecule has 0 spiro atoms. The third-order valence-electron chi connectivity index (χ3n) is 2.89. The van der Waals surface area contributed by atoms with Crippen molar-refractivity contribution in [3.8, 4) is 0 Å². The number of aromatic nitrogens is 1. The number of carboxylic acid groups (broad SMARTS) is 1. The third-order valence-corrected chi connectivity index (χ3v) is 3.72. The van der Waals surface area contributed by atoms with Crippen LogP contribution in [0.5, 0.6) is 0 Å². The molecule has 0 aromatic carbocycles. The van der Waals surface area contributed by atoms with Gasteiger partial charge in [0.1, 0.15) is 0 Å². The summed E-state index contributed by atoms with van der Waals surface area (Å²) < 4.78 is 0. The van der Waals surface area contributed by atoms with E-state index in [9.17, 15) is 9.59 Å². The number of hydrogen-bond acceptors (Lipinski definition) is 4. The Morgan fingerprint density at radius 2 is 2.05 bits per heavy atom. The summed E-state index contributed by atoms with van der Waals surface area (Å²) in [4.78, 5) is 26.2. The molecule has 0 aliphatic carbocycles. The molecule has 0 unspecified atom stereocenters. The van der Waals surface area contributed by atoms with E-state index in [-0.39, 0.29) is 12.3 Å². The number of rotatable bonds is 10. The zero-order valence-electron chi connectivity index (χ0n) is 11.9. The van der Waals surface area contributed by atoms with E-state index >= 15 is 0 Å². The molecule has 1 amide bonds. The molecule has 0 fully saturated rings. The first-order chi connectivity index (χ1) is 9.58. The molecule has 20 heavy (non-hydrogen) atoms. The molecule has 0 saturated carbocycles. The van der Waals surface area contributed by atoms with Crippen LogP contribution in [0, 0.1) is 6.92 Å². The molecular formula is C14H22N2O3S. The third kappa shape index (κ3) is 7.89. The summed E-state index contributed by atoms with van der Waals surface area (Å²) in [5.74, 6) is -0.693. The van der Waals surface area contributed by atoms with Crippen LogP contribution in [0.2, 0.25) is 0 Å². The summed E-state index contributed by atoms with van der Waals surface area (Å²) in [6, 6.07) is 0. The van der Waals surface area contributed by atoms with Crippen LogP contribution in [-0.4, -0.2) is 28.5 Å². The number of amides is 1. The lowest BCUT2D eigenvalue weighted by Crippen LogP contribution is -2.24. The average Bonchev–Trinajstić information content (AvgIpc) is 2.79. The fourth-order valence-corrected chi connectivity index (χ4v) is 2.49. The second-order valence-corrected chi connectivity index (χ2v) is 5.83. The molecule has 5 nitrogen and oxygen atoms in total. The van der Waals surface area contributed by atoms with Gasteiger partial charge in [-0.15, -0.1) is 11.3 Å². The molecular weight excluding hydrogens is 276 g/mol. The number of hydrogen-bond donors (Lipinski definition) is 2. The standard InChI is InChI=1S/C14H22N2O3S/c1-11-16-12(10-20-11)6-5-7-13(17)15-9-4-2-3-8-14(18)19/h10H,2-9H2,1H3,(H,15,17)(H,18,19). The van der Waals surface area contributed by atoms with Crippen LogP contribution in [0.3, 0.4) is 0 Å². The smallest absolute Gasteiger partial charge is 0.303 e.